The van der Waals surface area contributed by atoms with E-state index in [4.69, 9.17) is 9.47 Å². The van der Waals surface area contributed by atoms with Crippen LogP contribution in [0, 0.1) is 5.82 Å². The van der Waals surface area contributed by atoms with Crippen LogP contribution in [0.5, 0.6) is 5.75 Å². The number of quaternary nitrogens is 1. The lowest BCUT2D eigenvalue weighted by Crippen LogP contribution is -2.62. The second kappa shape index (κ2) is 13.0. The number of anilines is 1. The van der Waals surface area contributed by atoms with Crippen molar-refractivity contribution >= 4 is 40.7 Å². The van der Waals surface area contributed by atoms with Crippen LogP contribution in [0.1, 0.15) is 45.4 Å². The van der Waals surface area contributed by atoms with E-state index in [9.17, 15) is 24.9 Å². The van der Waals surface area contributed by atoms with E-state index in [0.29, 0.717) is 56.7 Å². The number of amides is 1. The van der Waals surface area contributed by atoms with Gasteiger partial charge in [-0.15, -0.1) is 22.7 Å². The molecular weight excluding hydrogens is 658 g/mol. The molecule has 0 saturated carbocycles. The molecule has 4 unspecified atom stereocenters. The smallest absolute Gasteiger partial charge is 0.349 e. The van der Waals surface area contributed by atoms with E-state index in [1.807, 2.05) is 16.8 Å². The second-order valence-corrected chi connectivity index (χ2v) is 14.8. The minimum Gasteiger partial charge on any atom is -0.871 e. The minimum atomic E-state index is -1.87. The number of hydrogen-bond acceptors (Lipinski definition) is 10. The van der Waals surface area contributed by atoms with Crippen molar-refractivity contribution in [1.29, 1.82) is 0 Å². The molecule has 3 fully saturated rings. The average Bonchev–Trinajstić information content (AvgIpc) is 3.37. The van der Waals surface area contributed by atoms with Crippen LogP contribution in [0.25, 0.3) is 0 Å². The Kier molecular flexibility index (Phi) is 8.87. The van der Waals surface area contributed by atoms with Crippen LogP contribution in [0.3, 0.4) is 0 Å². The first-order chi connectivity index (χ1) is 23.1. The highest BCUT2D eigenvalue weighted by Crippen LogP contribution is 2.54. The number of piperidine rings is 1. The zero-order valence-electron chi connectivity index (χ0n) is 26.1. The number of thiophene rings is 2. The Balaban J connectivity index is 1.01. The summed E-state index contributed by atoms with van der Waals surface area (Å²) in [6, 6.07) is 16.6. The molecule has 3 aliphatic rings. The number of morpholine rings is 1. The fraction of sp³-hybridized carbons (Fsp3) is 0.371. The lowest BCUT2D eigenvalue weighted by Gasteiger charge is -2.48. The van der Waals surface area contributed by atoms with Gasteiger partial charge in [0.1, 0.15) is 42.8 Å². The van der Waals surface area contributed by atoms with Crippen molar-refractivity contribution in [3.63, 3.8) is 0 Å². The van der Waals surface area contributed by atoms with Gasteiger partial charge in [-0.2, -0.15) is 0 Å². The van der Waals surface area contributed by atoms with E-state index in [1.54, 1.807) is 36.4 Å². The molecule has 0 spiro atoms. The number of benzene rings is 2. The Labute approximate surface area is 285 Å². The highest BCUT2D eigenvalue weighted by molar-refractivity contribution is 7.12. The summed E-state index contributed by atoms with van der Waals surface area (Å²) in [5.74, 6) is -1.36. The number of nitrogens with zero attached hydrogens (tertiary/aromatic N) is 1. The lowest BCUT2D eigenvalue weighted by molar-refractivity contribution is -0.968. The summed E-state index contributed by atoms with van der Waals surface area (Å²) < 4.78 is 28.6. The van der Waals surface area contributed by atoms with Gasteiger partial charge in [-0.05, 0) is 34.5 Å². The van der Waals surface area contributed by atoms with Gasteiger partial charge >= 0.3 is 5.97 Å². The number of epoxide rings is 1. The number of rotatable bonds is 13. The zero-order valence-corrected chi connectivity index (χ0v) is 27.7. The van der Waals surface area contributed by atoms with Crippen LogP contribution in [0.4, 0.5) is 10.1 Å². The summed E-state index contributed by atoms with van der Waals surface area (Å²) in [6.45, 7) is 0.725. The van der Waals surface area contributed by atoms with E-state index in [1.165, 1.54) is 40.9 Å². The molecule has 2 aromatic carbocycles. The Morgan fingerprint density at radius 2 is 1.77 bits per heavy atom. The fourth-order valence-electron chi connectivity index (χ4n) is 7.57. The van der Waals surface area contributed by atoms with Crippen molar-refractivity contribution in [2.75, 3.05) is 18.9 Å². The first-order valence-electron chi connectivity index (χ1n) is 15.8. The zero-order chi connectivity index (χ0) is 33.6. The molecule has 2 aromatic heterocycles. The molecule has 252 valence electrons. The average molecular weight is 694 g/mol. The number of nitrogens with one attached hydrogen (secondary N) is 2. The summed E-state index contributed by atoms with van der Waals surface area (Å²) in [5, 5.41) is 43.3. The van der Waals surface area contributed by atoms with Crippen molar-refractivity contribution in [2.24, 2.45) is 0 Å². The van der Waals surface area contributed by atoms with Gasteiger partial charge in [0, 0.05) is 42.7 Å². The van der Waals surface area contributed by atoms with Gasteiger partial charge in [-0.3, -0.25) is 4.79 Å². The Morgan fingerprint density at radius 1 is 1.10 bits per heavy atom. The molecule has 3 saturated heterocycles. The predicted octanol–water partition coefficient (Wildman–Crippen LogP) is 3.52. The maximum Gasteiger partial charge on any atom is 0.349 e. The molecule has 0 aliphatic carbocycles. The second-order valence-electron chi connectivity index (χ2n) is 12.9. The largest absolute Gasteiger partial charge is 0.871 e. The predicted molar refractivity (Wildman–Crippen MR) is 176 cm³/mol. The number of aliphatic hydroxyl groups is 2. The molecule has 5 atom stereocenters. The van der Waals surface area contributed by atoms with E-state index in [2.05, 4.69) is 17.7 Å². The molecule has 3 aliphatic heterocycles. The Hall–Kier alpha value is -3.69. The standard InChI is InChI=1S/C35H36FN3O7S2/c1-39(18-22-6-2-5-21(31(22)36)16-37-17-28(42)20-9-10-27(41)24(13-20)38-19-40)25-14-23(15-26(39)33-32(25)46-33)45-34(43)35(44,29-7-3-11-47-29)30-8-4-12-48-30/h2-13,19,23,25-26,28,32-33,37,42,44H,14-18H2,1H3,(H-,38,40,41)/t23?,25?,26?,28-,32?,33?,39?/m0/s1. The van der Waals surface area contributed by atoms with Crippen LogP contribution < -0.4 is 15.7 Å². The maximum absolute atomic E-state index is 15.9. The monoisotopic (exact) mass is 693 g/mol. The quantitative estimate of drug-likeness (QED) is 0.0722. The SMILES string of the molecule is C[N+]1(Cc2cccc(CNC[C@H](O)c3ccc([O-])c(NC=O)c3)c2F)C2CC(OC(=O)C(O)(c3cccs3)c3cccs3)CC1C1OC12. The van der Waals surface area contributed by atoms with E-state index < -0.39 is 23.8 Å². The van der Waals surface area contributed by atoms with Gasteiger partial charge in [0.25, 0.3) is 0 Å². The van der Waals surface area contributed by atoms with Crippen LogP contribution in [-0.2, 0) is 37.8 Å². The number of fused-ring (bicyclic) bond motifs is 5. The maximum atomic E-state index is 15.9. The number of likely N-dealkylation sites (N-methyl/N-ethyl adjacent to an activating group) is 1. The van der Waals surface area contributed by atoms with E-state index in [0.717, 1.165) is 0 Å². The Morgan fingerprint density at radius 3 is 2.40 bits per heavy atom. The number of esters is 1. The minimum absolute atomic E-state index is 0.00134. The molecule has 4 N–H and O–H groups in total. The first-order valence-corrected chi connectivity index (χ1v) is 17.6. The number of carbonyl (C=O) groups is 2. The van der Waals surface area contributed by atoms with Gasteiger partial charge in [-0.1, -0.05) is 48.2 Å². The molecule has 0 radical (unpaired) electrons. The van der Waals surface area contributed by atoms with Crippen LogP contribution in [-0.4, -0.2) is 71.1 Å². The van der Waals surface area contributed by atoms with Crippen LogP contribution in [0.15, 0.2) is 71.4 Å². The Bertz CT molecular complexity index is 1730. The third kappa shape index (κ3) is 5.83. The summed E-state index contributed by atoms with van der Waals surface area (Å²) in [7, 11) is 2.12. The highest BCUT2D eigenvalue weighted by atomic mass is 32.1. The molecule has 2 bridgehead atoms. The fourth-order valence-corrected chi connectivity index (χ4v) is 9.28. The summed E-state index contributed by atoms with van der Waals surface area (Å²) in [6.07, 6.45) is 0.157. The van der Waals surface area contributed by atoms with Crippen molar-refractivity contribution < 1.29 is 43.3 Å². The van der Waals surface area contributed by atoms with E-state index >= 15 is 4.39 Å². The van der Waals surface area contributed by atoms with Gasteiger partial charge < -0.3 is 39.9 Å². The number of hydrogen-bond donors (Lipinski definition) is 4. The van der Waals surface area contributed by atoms with Crippen molar-refractivity contribution in [3.8, 4) is 5.75 Å². The van der Waals surface area contributed by atoms with Crippen LogP contribution in [0.2, 0.25) is 0 Å². The van der Waals surface area contributed by atoms with Crippen molar-refractivity contribution in [3.05, 3.63) is 104 Å². The van der Waals surface area contributed by atoms with Gasteiger partial charge in [0.05, 0.1) is 22.9 Å². The van der Waals surface area contributed by atoms with Crippen LogP contribution >= 0.6 is 22.7 Å². The summed E-state index contributed by atoms with van der Waals surface area (Å²) in [4.78, 5) is 25.5. The molecule has 7 rings (SSSR count). The topological polar surface area (TPSA) is 143 Å². The van der Waals surface area contributed by atoms with Crippen molar-refractivity contribution in [1.82, 2.24) is 5.32 Å². The highest BCUT2D eigenvalue weighted by Gasteiger charge is 2.72. The molecular formula is C35H36FN3O7S2. The van der Waals surface area contributed by atoms with Crippen molar-refractivity contribution in [2.45, 2.75) is 68.0 Å². The summed E-state index contributed by atoms with van der Waals surface area (Å²) >= 11 is 2.61. The molecule has 1 amide bonds. The molecule has 13 heteroatoms. The number of ether oxygens (including phenoxy) is 2. The number of aliphatic hydroxyl groups excluding tert-OH is 1. The van der Waals surface area contributed by atoms with Gasteiger partial charge in [0.15, 0.2) is 0 Å². The molecule has 48 heavy (non-hydrogen) atoms. The first kappa shape index (κ1) is 32.8. The molecule has 5 heterocycles. The lowest BCUT2D eigenvalue weighted by atomic mass is 9.93. The normalized spacial score (nSPS) is 26.5. The third-order valence-corrected chi connectivity index (χ3v) is 12.1. The molecule has 4 aromatic rings. The number of carbonyl (C=O) groups excluding carboxylic acids is 2. The summed E-state index contributed by atoms with van der Waals surface area (Å²) in [5.41, 5.74) is -0.309. The molecule has 10 nitrogen and oxygen atoms in total. The van der Waals surface area contributed by atoms with Gasteiger partial charge in [0.2, 0.25) is 12.0 Å². The third-order valence-electron chi connectivity index (χ3n) is 10.1. The van der Waals surface area contributed by atoms with Gasteiger partial charge in [-0.25, -0.2) is 9.18 Å². The van der Waals surface area contributed by atoms with E-state index in [-0.39, 0.29) is 54.6 Å². The number of halogens is 1.